The van der Waals surface area contributed by atoms with Gasteiger partial charge in [-0.15, -0.1) is 0 Å². The Kier molecular flexibility index (Phi) is 7.58. The van der Waals surface area contributed by atoms with Crippen molar-refractivity contribution in [3.63, 3.8) is 0 Å². The summed E-state index contributed by atoms with van der Waals surface area (Å²) >= 11 is 5.84. The first kappa shape index (κ1) is 21.4. The summed E-state index contributed by atoms with van der Waals surface area (Å²) in [6.07, 6.45) is 0.274. The molecule has 0 aliphatic rings. The maximum absolute atomic E-state index is 12.7. The van der Waals surface area contributed by atoms with Crippen LogP contribution in [0.3, 0.4) is 0 Å². The zero-order chi connectivity index (χ0) is 20.7. The maximum atomic E-state index is 12.7. The SMILES string of the molecule is CNC(=O)Cc1ccc(NC(=O)[C@H](NC(=O)c2ccc(Cl)cc2)C(C)C)cc1. The first-order chi connectivity index (χ1) is 13.3. The number of halogens is 1. The predicted octanol–water partition coefficient (Wildman–Crippen LogP) is 3.02. The summed E-state index contributed by atoms with van der Waals surface area (Å²) in [5.74, 6) is -0.840. The van der Waals surface area contributed by atoms with Crippen molar-refractivity contribution in [3.8, 4) is 0 Å². The summed E-state index contributed by atoms with van der Waals surface area (Å²) in [5.41, 5.74) is 1.87. The van der Waals surface area contributed by atoms with Gasteiger partial charge < -0.3 is 16.0 Å². The molecule has 3 N–H and O–H groups in total. The average Bonchev–Trinajstić information content (AvgIpc) is 2.67. The quantitative estimate of drug-likeness (QED) is 0.666. The lowest BCUT2D eigenvalue weighted by atomic mass is 10.0. The molecule has 1 atom stereocenters. The van der Waals surface area contributed by atoms with Gasteiger partial charge in [0.15, 0.2) is 0 Å². The normalized spacial score (nSPS) is 11.6. The van der Waals surface area contributed by atoms with E-state index < -0.39 is 6.04 Å². The van der Waals surface area contributed by atoms with Gasteiger partial charge >= 0.3 is 0 Å². The molecule has 0 unspecified atom stereocenters. The van der Waals surface area contributed by atoms with Gasteiger partial charge in [-0.05, 0) is 47.9 Å². The van der Waals surface area contributed by atoms with E-state index in [-0.39, 0.29) is 30.1 Å². The topological polar surface area (TPSA) is 87.3 Å². The van der Waals surface area contributed by atoms with Gasteiger partial charge in [0.25, 0.3) is 5.91 Å². The van der Waals surface area contributed by atoms with Crippen LogP contribution in [0.2, 0.25) is 5.02 Å². The molecule has 0 aliphatic carbocycles. The molecule has 0 heterocycles. The number of likely N-dealkylation sites (N-methyl/N-ethyl adjacent to an activating group) is 1. The van der Waals surface area contributed by atoms with Crippen molar-refractivity contribution in [2.24, 2.45) is 5.92 Å². The third-order valence-electron chi connectivity index (χ3n) is 4.21. The van der Waals surface area contributed by atoms with E-state index in [1.807, 2.05) is 13.8 Å². The Balaban J connectivity index is 2.03. The van der Waals surface area contributed by atoms with Gasteiger partial charge in [-0.3, -0.25) is 14.4 Å². The van der Waals surface area contributed by atoms with E-state index >= 15 is 0 Å². The second kappa shape index (κ2) is 9.90. The molecule has 0 saturated carbocycles. The van der Waals surface area contributed by atoms with Crippen molar-refractivity contribution in [2.45, 2.75) is 26.3 Å². The van der Waals surface area contributed by atoms with E-state index in [1.165, 1.54) is 0 Å². The van der Waals surface area contributed by atoms with Crippen LogP contribution in [0, 0.1) is 5.92 Å². The molecule has 0 radical (unpaired) electrons. The van der Waals surface area contributed by atoms with Crippen LogP contribution in [0.15, 0.2) is 48.5 Å². The molecule has 0 aromatic heterocycles. The summed E-state index contributed by atoms with van der Waals surface area (Å²) in [5, 5.41) is 8.68. The molecule has 0 spiro atoms. The smallest absolute Gasteiger partial charge is 0.251 e. The highest BCUT2D eigenvalue weighted by Gasteiger charge is 2.24. The van der Waals surface area contributed by atoms with Crippen LogP contribution >= 0.6 is 11.6 Å². The van der Waals surface area contributed by atoms with E-state index in [1.54, 1.807) is 55.6 Å². The maximum Gasteiger partial charge on any atom is 0.251 e. The lowest BCUT2D eigenvalue weighted by Crippen LogP contribution is -2.47. The molecule has 2 rings (SSSR count). The highest BCUT2D eigenvalue weighted by atomic mass is 35.5. The molecule has 2 aromatic rings. The van der Waals surface area contributed by atoms with Crippen LogP contribution in [-0.2, 0) is 16.0 Å². The van der Waals surface area contributed by atoms with Gasteiger partial charge in [0.05, 0.1) is 6.42 Å². The van der Waals surface area contributed by atoms with Crippen molar-refractivity contribution in [2.75, 3.05) is 12.4 Å². The van der Waals surface area contributed by atoms with Crippen molar-refractivity contribution in [1.29, 1.82) is 0 Å². The Morgan fingerprint density at radius 2 is 1.57 bits per heavy atom. The van der Waals surface area contributed by atoms with Gasteiger partial charge in [-0.1, -0.05) is 37.6 Å². The largest absolute Gasteiger partial charge is 0.359 e. The summed E-state index contributed by atoms with van der Waals surface area (Å²) in [4.78, 5) is 36.5. The second-order valence-corrected chi connectivity index (χ2v) is 7.17. The number of carbonyl (C=O) groups is 3. The summed E-state index contributed by atoms with van der Waals surface area (Å²) in [6, 6.07) is 12.8. The van der Waals surface area contributed by atoms with Gasteiger partial charge in [0.2, 0.25) is 11.8 Å². The fourth-order valence-electron chi connectivity index (χ4n) is 2.56. The molecule has 28 heavy (non-hydrogen) atoms. The monoisotopic (exact) mass is 401 g/mol. The molecule has 148 valence electrons. The van der Waals surface area contributed by atoms with Crippen LogP contribution in [0.4, 0.5) is 5.69 Å². The number of carbonyl (C=O) groups excluding carboxylic acids is 3. The zero-order valence-corrected chi connectivity index (χ0v) is 16.8. The highest BCUT2D eigenvalue weighted by Crippen LogP contribution is 2.14. The minimum Gasteiger partial charge on any atom is -0.359 e. The average molecular weight is 402 g/mol. The number of rotatable bonds is 7. The van der Waals surface area contributed by atoms with Crippen LogP contribution in [0.25, 0.3) is 0 Å². The Morgan fingerprint density at radius 1 is 0.964 bits per heavy atom. The molecular weight excluding hydrogens is 378 g/mol. The molecule has 7 heteroatoms. The van der Waals surface area contributed by atoms with Gasteiger partial charge in [0, 0.05) is 23.3 Å². The van der Waals surface area contributed by atoms with Gasteiger partial charge in [-0.2, -0.15) is 0 Å². The third-order valence-corrected chi connectivity index (χ3v) is 4.46. The number of anilines is 1. The van der Waals surface area contributed by atoms with Gasteiger partial charge in [0.1, 0.15) is 6.04 Å². The number of hydrogen-bond donors (Lipinski definition) is 3. The molecule has 0 fully saturated rings. The molecule has 0 saturated heterocycles. The Hall–Kier alpha value is -2.86. The van der Waals surface area contributed by atoms with Crippen molar-refractivity contribution < 1.29 is 14.4 Å². The Morgan fingerprint density at radius 3 is 2.11 bits per heavy atom. The fraction of sp³-hybridized carbons (Fsp3) is 0.286. The van der Waals surface area contributed by atoms with Crippen LogP contribution in [-0.4, -0.2) is 30.8 Å². The van der Waals surface area contributed by atoms with Crippen LogP contribution in [0.1, 0.15) is 29.8 Å². The first-order valence-electron chi connectivity index (χ1n) is 8.97. The Bertz CT molecular complexity index is 833. The highest BCUT2D eigenvalue weighted by molar-refractivity contribution is 6.30. The van der Waals surface area contributed by atoms with Crippen molar-refractivity contribution in [1.82, 2.24) is 10.6 Å². The molecule has 2 aromatic carbocycles. The zero-order valence-electron chi connectivity index (χ0n) is 16.1. The minimum absolute atomic E-state index is 0.0819. The van der Waals surface area contributed by atoms with E-state index in [2.05, 4.69) is 16.0 Å². The van der Waals surface area contributed by atoms with Crippen molar-refractivity contribution >= 4 is 35.0 Å². The summed E-state index contributed by atoms with van der Waals surface area (Å²) < 4.78 is 0. The van der Waals surface area contributed by atoms with E-state index in [0.717, 1.165) is 5.56 Å². The molecule has 3 amide bonds. The van der Waals surface area contributed by atoms with E-state index in [9.17, 15) is 14.4 Å². The third kappa shape index (κ3) is 6.09. The molecule has 0 bridgehead atoms. The Labute approximate surface area is 169 Å². The van der Waals surface area contributed by atoms with Crippen LogP contribution in [0.5, 0.6) is 0 Å². The summed E-state index contributed by atoms with van der Waals surface area (Å²) in [6.45, 7) is 3.72. The number of hydrogen-bond acceptors (Lipinski definition) is 3. The van der Waals surface area contributed by atoms with Crippen molar-refractivity contribution in [3.05, 3.63) is 64.7 Å². The lowest BCUT2D eigenvalue weighted by Gasteiger charge is -2.22. The lowest BCUT2D eigenvalue weighted by molar-refractivity contribution is -0.120. The predicted molar refractivity (Wildman–Crippen MR) is 110 cm³/mol. The first-order valence-corrected chi connectivity index (χ1v) is 9.34. The minimum atomic E-state index is -0.700. The molecular formula is C21H24ClN3O3. The van der Waals surface area contributed by atoms with E-state index in [4.69, 9.17) is 11.6 Å². The van der Waals surface area contributed by atoms with Gasteiger partial charge in [-0.25, -0.2) is 0 Å². The number of nitrogens with one attached hydrogen (secondary N) is 3. The molecule has 6 nitrogen and oxygen atoms in total. The van der Waals surface area contributed by atoms with E-state index in [0.29, 0.717) is 16.3 Å². The molecule has 0 aliphatic heterocycles. The number of benzene rings is 2. The fourth-order valence-corrected chi connectivity index (χ4v) is 2.69. The standard InChI is InChI=1S/C21H24ClN3O3/c1-13(2)19(25-20(27)15-6-8-16(22)9-7-15)21(28)24-17-10-4-14(5-11-17)12-18(26)23-3/h4-11,13,19H,12H2,1-3H3,(H,23,26)(H,24,28)(H,25,27)/t19-/m1/s1. The number of amides is 3. The second-order valence-electron chi connectivity index (χ2n) is 6.74. The summed E-state index contributed by atoms with van der Waals surface area (Å²) in [7, 11) is 1.58. The van der Waals surface area contributed by atoms with Crippen LogP contribution < -0.4 is 16.0 Å².